The monoisotopic (exact) mass is 437 g/mol. The molecule has 158 valence electrons. The number of ether oxygens (including phenoxy) is 2. The first-order valence-electron chi connectivity index (χ1n) is 9.43. The first-order chi connectivity index (χ1) is 14.9. The lowest BCUT2D eigenvalue weighted by molar-refractivity contribution is 0.0319. The number of hydrogen-bond acceptors (Lipinski definition) is 5. The van der Waals surface area contributed by atoms with Gasteiger partial charge in [0.25, 0.3) is 5.91 Å². The van der Waals surface area contributed by atoms with Crippen LogP contribution in [0, 0.1) is 0 Å². The average Bonchev–Trinajstić information content (AvgIpc) is 2.78. The molecule has 0 aromatic heterocycles. The van der Waals surface area contributed by atoms with Gasteiger partial charge in [0.2, 0.25) is 5.78 Å². The number of benzene rings is 3. The molecule has 0 heterocycles. The molecule has 1 atom stereocenters. The van der Waals surface area contributed by atoms with E-state index in [2.05, 4.69) is 5.32 Å². The summed E-state index contributed by atoms with van der Waals surface area (Å²) in [6, 6.07) is 19.4. The van der Waals surface area contributed by atoms with Crippen LogP contribution in [0.3, 0.4) is 0 Å². The highest BCUT2D eigenvalue weighted by atomic mass is 35.5. The Labute approximate surface area is 184 Å². The van der Waals surface area contributed by atoms with E-state index in [0.717, 1.165) is 0 Å². The van der Waals surface area contributed by atoms with Crippen LogP contribution in [-0.4, -0.2) is 30.9 Å². The third-order valence-corrected chi connectivity index (χ3v) is 4.69. The normalized spacial score (nSPS) is 11.3. The molecular formula is C24H20ClNO5. The summed E-state index contributed by atoms with van der Waals surface area (Å²) in [4.78, 5) is 37.5. The molecule has 0 bridgehead atoms. The molecule has 3 aromatic rings. The van der Waals surface area contributed by atoms with E-state index < -0.39 is 12.1 Å². The van der Waals surface area contributed by atoms with Crippen LogP contribution in [0.4, 0.5) is 5.69 Å². The van der Waals surface area contributed by atoms with Gasteiger partial charge in [0.1, 0.15) is 5.75 Å². The van der Waals surface area contributed by atoms with Crippen molar-refractivity contribution in [3.63, 3.8) is 0 Å². The Morgan fingerprint density at radius 2 is 1.55 bits per heavy atom. The molecule has 0 fully saturated rings. The SMILES string of the molecule is COc1cccc(C(=O)Nc2cccc(C(=O)OC(C)C(=O)c3cccc(Cl)c3)c2)c1. The lowest BCUT2D eigenvalue weighted by Gasteiger charge is -2.13. The number of amides is 1. The van der Waals surface area contributed by atoms with Gasteiger partial charge in [-0.2, -0.15) is 0 Å². The minimum Gasteiger partial charge on any atom is -0.497 e. The predicted molar refractivity (Wildman–Crippen MR) is 118 cm³/mol. The molecule has 0 saturated carbocycles. The number of rotatable bonds is 7. The fourth-order valence-electron chi connectivity index (χ4n) is 2.85. The number of esters is 1. The second-order valence-electron chi connectivity index (χ2n) is 6.69. The molecule has 1 N–H and O–H groups in total. The maximum Gasteiger partial charge on any atom is 0.338 e. The van der Waals surface area contributed by atoms with Crippen molar-refractivity contribution >= 4 is 34.9 Å². The number of carbonyl (C=O) groups excluding carboxylic acids is 3. The van der Waals surface area contributed by atoms with Gasteiger partial charge in [-0.15, -0.1) is 0 Å². The Morgan fingerprint density at radius 3 is 2.29 bits per heavy atom. The molecule has 31 heavy (non-hydrogen) atoms. The zero-order valence-corrected chi connectivity index (χ0v) is 17.7. The Balaban J connectivity index is 1.68. The summed E-state index contributed by atoms with van der Waals surface area (Å²) in [5.74, 6) is -0.837. The molecular weight excluding hydrogens is 418 g/mol. The van der Waals surface area contributed by atoms with Crippen molar-refractivity contribution in [2.75, 3.05) is 12.4 Å². The van der Waals surface area contributed by atoms with E-state index in [1.54, 1.807) is 60.7 Å². The van der Waals surface area contributed by atoms with Gasteiger partial charge in [-0.25, -0.2) is 4.79 Å². The van der Waals surface area contributed by atoms with Crippen LogP contribution < -0.4 is 10.1 Å². The van der Waals surface area contributed by atoms with Crippen molar-refractivity contribution in [1.29, 1.82) is 0 Å². The van der Waals surface area contributed by atoms with E-state index >= 15 is 0 Å². The van der Waals surface area contributed by atoms with Crippen molar-refractivity contribution in [1.82, 2.24) is 0 Å². The highest BCUT2D eigenvalue weighted by Gasteiger charge is 2.21. The van der Waals surface area contributed by atoms with Crippen LogP contribution in [0.1, 0.15) is 38.0 Å². The molecule has 0 aliphatic carbocycles. The Bertz CT molecular complexity index is 1130. The number of hydrogen-bond donors (Lipinski definition) is 1. The van der Waals surface area contributed by atoms with Gasteiger partial charge in [0, 0.05) is 21.8 Å². The van der Waals surface area contributed by atoms with Gasteiger partial charge in [-0.05, 0) is 55.5 Å². The van der Waals surface area contributed by atoms with Crippen LogP contribution in [-0.2, 0) is 4.74 Å². The largest absolute Gasteiger partial charge is 0.497 e. The quantitative estimate of drug-likeness (QED) is 0.414. The number of Topliss-reactive ketones (excluding diaryl/α,β-unsaturated/α-hetero) is 1. The molecule has 1 amide bonds. The molecule has 0 saturated heterocycles. The Kier molecular flexibility index (Phi) is 7.05. The summed E-state index contributed by atoms with van der Waals surface area (Å²) >= 11 is 5.91. The van der Waals surface area contributed by atoms with E-state index in [-0.39, 0.29) is 17.3 Å². The Morgan fingerprint density at radius 1 is 0.871 bits per heavy atom. The molecule has 0 aliphatic heterocycles. The maximum atomic E-state index is 12.5. The van der Waals surface area contributed by atoms with Crippen molar-refractivity contribution in [3.8, 4) is 5.75 Å². The van der Waals surface area contributed by atoms with Crippen molar-refractivity contribution in [2.45, 2.75) is 13.0 Å². The van der Waals surface area contributed by atoms with Crippen LogP contribution in [0.2, 0.25) is 5.02 Å². The van der Waals surface area contributed by atoms with Crippen LogP contribution in [0.25, 0.3) is 0 Å². The van der Waals surface area contributed by atoms with E-state index in [4.69, 9.17) is 21.1 Å². The summed E-state index contributed by atoms with van der Waals surface area (Å²) in [6.07, 6.45) is -0.999. The smallest absolute Gasteiger partial charge is 0.338 e. The van der Waals surface area contributed by atoms with Gasteiger partial charge >= 0.3 is 5.97 Å². The van der Waals surface area contributed by atoms with Crippen molar-refractivity contribution in [2.24, 2.45) is 0 Å². The topological polar surface area (TPSA) is 81.7 Å². The fraction of sp³-hybridized carbons (Fsp3) is 0.125. The third kappa shape index (κ3) is 5.71. The number of ketones is 1. The average molecular weight is 438 g/mol. The lowest BCUT2D eigenvalue weighted by atomic mass is 10.1. The molecule has 7 heteroatoms. The van der Waals surface area contributed by atoms with Crippen LogP contribution in [0.15, 0.2) is 72.8 Å². The van der Waals surface area contributed by atoms with Gasteiger partial charge in [-0.1, -0.05) is 35.9 Å². The fourth-order valence-corrected chi connectivity index (χ4v) is 3.04. The zero-order chi connectivity index (χ0) is 22.4. The minimum atomic E-state index is -0.999. The van der Waals surface area contributed by atoms with Crippen LogP contribution >= 0.6 is 11.6 Å². The van der Waals surface area contributed by atoms with Gasteiger partial charge < -0.3 is 14.8 Å². The number of nitrogens with one attached hydrogen (secondary N) is 1. The second kappa shape index (κ2) is 9.91. The van der Waals surface area contributed by atoms with E-state index in [9.17, 15) is 14.4 Å². The summed E-state index contributed by atoms with van der Waals surface area (Å²) in [7, 11) is 1.52. The molecule has 0 aliphatic rings. The van der Waals surface area contributed by atoms with Gasteiger partial charge in [0.05, 0.1) is 12.7 Å². The summed E-state index contributed by atoms with van der Waals surface area (Å²) in [5.41, 5.74) is 1.38. The minimum absolute atomic E-state index is 0.203. The summed E-state index contributed by atoms with van der Waals surface area (Å²) in [6.45, 7) is 1.50. The van der Waals surface area contributed by atoms with E-state index in [1.807, 2.05) is 0 Å². The summed E-state index contributed by atoms with van der Waals surface area (Å²) < 4.78 is 10.4. The number of halogens is 1. The Hall–Kier alpha value is -3.64. The number of carbonyl (C=O) groups is 3. The van der Waals surface area contributed by atoms with Gasteiger partial charge in [-0.3, -0.25) is 9.59 Å². The molecule has 1 unspecified atom stereocenters. The van der Waals surface area contributed by atoms with E-state index in [0.29, 0.717) is 27.6 Å². The first-order valence-corrected chi connectivity index (χ1v) is 9.81. The molecule has 3 aromatic carbocycles. The molecule has 0 radical (unpaired) electrons. The van der Waals surface area contributed by atoms with Gasteiger partial charge in [0.15, 0.2) is 6.10 Å². The highest BCUT2D eigenvalue weighted by Crippen LogP contribution is 2.18. The highest BCUT2D eigenvalue weighted by molar-refractivity contribution is 6.31. The first kappa shape index (κ1) is 22.1. The summed E-state index contributed by atoms with van der Waals surface area (Å²) in [5, 5.41) is 3.15. The number of methoxy groups -OCH3 is 1. The molecule has 6 nitrogen and oxygen atoms in total. The predicted octanol–water partition coefficient (Wildman–Crippen LogP) is 5.03. The zero-order valence-electron chi connectivity index (χ0n) is 16.9. The maximum absolute atomic E-state index is 12.5. The third-order valence-electron chi connectivity index (χ3n) is 4.45. The lowest BCUT2D eigenvalue weighted by Crippen LogP contribution is -2.24. The standard InChI is InChI=1S/C24H20ClNO5/c1-15(22(27)16-6-3-9-19(25)12-16)31-24(29)18-8-4-10-20(13-18)26-23(28)17-7-5-11-21(14-17)30-2/h3-15H,1-2H3,(H,26,28). The second-order valence-corrected chi connectivity index (χ2v) is 7.13. The van der Waals surface area contributed by atoms with E-state index in [1.165, 1.54) is 26.2 Å². The van der Waals surface area contributed by atoms with Crippen molar-refractivity contribution in [3.05, 3.63) is 94.5 Å². The molecule has 3 rings (SSSR count). The number of anilines is 1. The van der Waals surface area contributed by atoms with Crippen LogP contribution in [0.5, 0.6) is 5.75 Å². The molecule has 0 spiro atoms. The van der Waals surface area contributed by atoms with Crippen molar-refractivity contribution < 1.29 is 23.9 Å².